The number of nitrogens with one attached hydrogen (secondary N) is 1. The highest BCUT2D eigenvalue weighted by Gasteiger charge is 2.31. The highest BCUT2D eigenvalue weighted by molar-refractivity contribution is 7.91. The summed E-state index contributed by atoms with van der Waals surface area (Å²) in [6, 6.07) is 4.63. The van der Waals surface area contributed by atoms with Gasteiger partial charge in [0.2, 0.25) is 5.95 Å². The average Bonchev–Trinajstić information content (AvgIpc) is 3.37. The third-order valence-corrected chi connectivity index (χ3v) is 7.14. The second-order valence-corrected chi connectivity index (χ2v) is 9.78. The zero-order valence-electron chi connectivity index (χ0n) is 15.9. The number of hydrogen-bond acceptors (Lipinski definition) is 6. The molecular weight excluding hydrogens is 395 g/mol. The van der Waals surface area contributed by atoms with Crippen LogP contribution in [0.5, 0.6) is 0 Å². The summed E-state index contributed by atoms with van der Waals surface area (Å²) in [5.74, 6) is 0.201. The molecule has 0 saturated carbocycles. The largest absolute Gasteiger partial charge is 0.339 e. The smallest absolute Gasteiger partial charge is 0.225 e. The van der Waals surface area contributed by atoms with Crippen LogP contribution in [-0.4, -0.2) is 57.7 Å². The summed E-state index contributed by atoms with van der Waals surface area (Å²) in [5, 5.41) is 7.37. The SMILES string of the molecule is Cc1nc(N2CCC(S(C)(=O)=O)C2)ncc1-n1c2ccc(F)cc2c2[nH]ncc21. The molecule has 4 heterocycles. The van der Waals surface area contributed by atoms with Crippen LogP contribution in [0.4, 0.5) is 10.3 Å². The lowest BCUT2D eigenvalue weighted by Crippen LogP contribution is -2.27. The molecule has 0 aliphatic carbocycles. The highest BCUT2D eigenvalue weighted by Crippen LogP contribution is 2.32. The minimum absolute atomic E-state index is 0.316. The molecule has 4 aromatic rings. The monoisotopic (exact) mass is 414 g/mol. The van der Waals surface area contributed by atoms with Crippen LogP contribution < -0.4 is 4.90 Å². The van der Waals surface area contributed by atoms with E-state index in [-0.39, 0.29) is 11.1 Å². The first kappa shape index (κ1) is 18.0. The van der Waals surface area contributed by atoms with E-state index >= 15 is 0 Å². The van der Waals surface area contributed by atoms with Gasteiger partial charge < -0.3 is 9.47 Å². The second-order valence-electron chi connectivity index (χ2n) is 7.45. The van der Waals surface area contributed by atoms with Crippen LogP contribution in [0.25, 0.3) is 27.6 Å². The number of anilines is 1. The Labute approximate surface area is 166 Å². The molecule has 3 aromatic heterocycles. The summed E-state index contributed by atoms with van der Waals surface area (Å²) in [6.07, 6.45) is 5.26. The molecule has 29 heavy (non-hydrogen) atoms. The van der Waals surface area contributed by atoms with Crippen LogP contribution in [0.15, 0.2) is 30.6 Å². The van der Waals surface area contributed by atoms with E-state index in [0.717, 1.165) is 33.3 Å². The van der Waals surface area contributed by atoms with Gasteiger partial charge in [-0.25, -0.2) is 22.8 Å². The van der Waals surface area contributed by atoms with Crippen molar-refractivity contribution in [3.63, 3.8) is 0 Å². The number of fused-ring (bicyclic) bond motifs is 3. The van der Waals surface area contributed by atoms with E-state index in [0.29, 0.717) is 25.5 Å². The van der Waals surface area contributed by atoms with Gasteiger partial charge in [-0.3, -0.25) is 5.10 Å². The summed E-state index contributed by atoms with van der Waals surface area (Å²) in [4.78, 5) is 11.0. The van der Waals surface area contributed by atoms with Gasteiger partial charge in [0.15, 0.2) is 9.84 Å². The molecule has 1 aliphatic heterocycles. The minimum Gasteiger partial charge on any atom is -0.339 e. The molecule has 0 amide bonds. The first-order valence-electron chi connectivity index (χ1n) is 9.24. The van der Waals surface area contributed by atoms with Gasteiger partial charge in [0.05, 0.1) is 45.6 Å². The van der Waals surface area contributed by atoms with Crippen molar-refractivity contribution >= 4 is 37.7 Å². The number of sulfone groups is 1. The number of aryl methyl sites for hydroxylation is 1. The van der Waals surface area contributed by atoms with E-state index in [1.165, 1.54) is 18.4 Å². The number of nitrogens with zero attached hydrogens (tertiary/aromatic N) is 5. The number of hydrogen-bond donors (Lipinski definition) is 1. The molecule has 1 aliphatic rings. The fourth-order valence-electron chi connectivity index (χ4n) is 4.02. The molecular formula is C19H19FN6O2S. The fraction of sp³-hybridized carbons (Fsp3) is 0.316. The summed E-state index contributed by atoms with van der Waals surface area (Å²) in [7, 11) is -3.09. The Kier molecular flexibility index (Phi) is 3.89. The van der Waals surface area contributed by atoms with E-state index in [1.807, 2.05) is 16.4 Å². The Bertz CT molecular complexity index is 1360. The lowest BCUT2D eigenvalue weighted by atomic mass is 10.2. The zero-order chi connectivity index (χ0) is 20.3. The molecule has 1 unspecified atom stereocenters. The lowest BCUT2D eigenvalue weighted by molar-refractivity contribution is 0.589. The highest BCUT2D eigenvalue weighted by atomic mass is 32.2. The van der Waals surface area contributed by atoms with Crippen LogP contribution in [0.1, 0.15) is 12.1 Å². The maximum Gasteiger partial charge on any atom is 0.225 e. The molecule has 8 nitrogen and oxygen atoms in total. The molecule has 1 saturated heterocycles. The van der Waals surface area contributed by atoms with Gasteiger partial charge in [0, 0.05) is 24.7 Å². The van der Waals surface area contributed by atoms with Gasteiger partial charge in [-0.1, -0.05) is 0 Å². The van der Waals surface area contributed by atoms with Crippen molar-refractivity contribution in [3.8, 4) is 5.69 Å². The number of aromatic nitrogens is 5. The van der Waals surface area contributed by atoms with Crippen LogP contribution in [0.3, 0.4) is 0 Å². The third kappa shape index (κ3) is 2.86. The minimum atomic E-state index is -3.09. The quantitative estimate of drug-likeness (QED) is 0.553. The Morgan fingerprint density at radius 1 is 1.24 bits per heavy atom. The van der Waals surface area contributed by atoms with Crippen molar-refractivity contribution in [3.05, 3.63) is 42.1 Å². The lowest BCUT2D eigenvalue weighted by Gasteiger charge is -2.18. The third-order valence-electron chi connectivity index (χ3n) is 5.54. The van der Waals surface area contributed by atoms with Crippen molar-refractivity contribution in [1.29, 1.82) is 0 Å². The van der Waals surface area contributed by atoms with Crippen LogP contribution >= 0.6 is 0 Å². The Morgan fingerprint density at radius 2 is 2.07 bits per heavy atom. The Balaban J connectivity index is 1.59. The normalized spacial score (nSPS) is 17.6. The van der Waals surface area contributed by atoms with Gasteiger partial charge in [-0.2, -0.15) is 5.10 Å². The van der Waals surface area contributed by atoms with Gasteiger partial charge in [-0.15, -0.1) is 0 Å². The molecule has 0 bridgehead atoms. The number of benzene rings is 1. The van der Waals surface area contributed by atoms with E-state index in [2.05, 4.69) is 20.2 Å². The number of rotatable bonds is 3. The average molecular weight is 414 g/mol. The van der Waals surface area contributed by atoms with Crippen molar-refractivity contribution in [2.24, 2.45) is 0 Å². The van der Waals surface area contributed by atoms with E-state index in [4.69, 9.17) is 0 Å². The number of halogens is 1. The first-order chi connectivity index (χ1) is 13.8. The van der Waals surface area contributed by atoms with Gasteiger partial charge >= 0.3 is 0 Å². The van der Waals surface area contributed by atoms with E-state index in [1.54, 1.807) is 18.5 Å². The molecule has 0 spiro atoms. The van der Waals surface area contributed by atoms with Crippen molar-refractivity contribution in [1.82, 2.24) is 24.7 Å². The van der Waals surface area contributed by atoms with Crippen molar-refractivity contribution in [2.75, 3.05) is 24.2 Å². The predicted octanol–water partition coefficient (Wildman–Crippen LogP) is 2.37. The summed E-state index contributed by atoms with van der Waals surface area (Å²) < 4.78 is 39.4. The topological polar surface area (TPSA) is 96.8 Å². The zero-order valence-corrected chi connectivity index (χ0v) is 16.7. The van der Waals surface area contributed by atoms with Gasteiger partial charge in [0.25, 0.3) is 0 Å². The molecule has 5 rings (SSSR count). The molecule has 10 heteroatoms. The van der Waals surface area contributed by atoms with Gasteiger partial charge in [-0.05, 0) is 31.5 Å². The number of aromatic amines is 1. The van der Waals surface area contributed by atoms with Crippen molar-refractivity contribution in [2.45, 2.75) is 18.6 Å². The first-order valence-corrected chi connectivity index (χ1v) is 11.2. The second kappa shape index (κ2) is 6.24. The summed E-state index contributed by atoms with van der Waals surface area (Å²) >= 11 is 0. The predicted molar refractivity (Wildman–Crippen MR) is 109 cm³/mol. The fourth-order valence-corrected chi connectivity index (χ4v) is 5.00. The maximum absolute atomic E-state index is 13.8. The van der Waals surface area contributed by atoms with E-state index < -0.39 is 9.84 Å². The van der Waals surface area contributed by atoms with Crippen LogP contribution in [-0.2, 0) is 9.84 Å². The molecule has 1 N–H and O–H groups in total. The Hall–Kier alpha value is -3.01. The standard InChI is InChI=1S/C19H19FN6O2S/c1-11-16(8-21-19(23-11)25-6-5-13(10-25)29(2,27)28)26-15-4-3-12(20)7-14(15)18-17(26)9-22-24-18/h3-4,7-9,13H,5-6,10H2,1-2H3,(H,22,24). The van der Waals surface area contributed by atoms with Crippen molar-refractivity contribution < 1.29 is 12.8 Å². The van der Waals surface area contributed by atoms with Crippen LogP contribution in [0, 0.1) is 12.7 Å². The van der Waals surface area contributed by atoms with E-state index in [9.17, 15) is 12.8 Å². The molecule has 150 valence electrons. The maximum atomic E-state index is 13.8. The van der Waals surface area contributed by atoms with Gasteiger partial charge in [0.1, 0.15) is 5.82 Å². The molecule has 1 atom stereocenters. The van der Waals surface area contributed by atoms with Crippen LogP contribution in [0.2, 0.25) is 0 Å². The summed E-state index contributed by atoms with van der Waals surface area (Å²) in [6.45, 7) is 2.88. The molecule has 1 fully saturated rings. The number of H-pyrrole nitrogens is 1. The Morgan fingerprint density at radius 3 is 2.79 bits per heavy atom. The summed E-state index contributed by atoms with van der Waals surface area (Å²) in [5.41, 5.74) is 3.89. The molecule has 1 aromatic carbocycles. The molecule has 0 radical (unpaired) electrons.